The average Bonchev–Trinajstić information content (AvgIpc) is 3.30. The van der Waals surface area contributed by atoms with Crippen molar-refractivity contribution in [2.45, 2.75) is 51.0 Å². The predicted octanol–water partition coefficient (Wildman–Crippen LogP) is 2.07. The van der Waals surface area contributed by atoms with Gasteiger partial charge in [0.05, 0.1) is 18.4 Å². The van der Waals surface area contributed by atoms with Crippen LogP contribution in [0, 0.1) is 11.8 Å². The second-order valence-electron chi connectivity index (χ2n) is 9.18. The molecule has 1 aromatic rings. The fourth-order valence-corrected chi connectivity index (χ4v) is 4.92. The van der Waals surface area contributed by atoms with E-state index >= 15 is 0 Å². The smallest absolute Gasteiger partial charge is 0.305 e. The summed E-state index contributed by atoms with van der Waals surface area (Å²) in [6, 6.07) is 4.50. The number of carbonyl (C=O) groups is 3. The average molecular weight is 460 g/mol. The Morgan fingerprint density at radius 3 is 2.73 bits per heavy atom. The van der Waals surface area contributed by atoms with E-state index in [1.807, 2.05) is 4.90 Å². The Hall–Kier alpha value is -2.81. The quantitative estimate of drug-likeness (QED) is 0.545. The lowest BCUT2D eigenvalue weighted by atomic mass is 9.92. The van der Waals surface area contributed by atoms with Gasteiger partial charge in [0.25, 0.3) is 0 Å². The number of nitrogens with zero attached hydrogens (tertiary/aromatic N) is 1. The number of ether oxygens (including phenoxy) is 2. The number of benzene rings is 1. The molecule has 0 radical (unpaired) electrons. The second kappa shape index (κ2) is 10.9. The number of hydrogen-bond donors (Lipinski definition) is 3. The largest absolute Gasteiger partial charge is 0.481 e. The number of likely N-dealkylation sites (tertiary alicyclic amines) is 1. The zero-order valence-electron chi connectivity index (χ0n) is 18.9. The molecule has 2 amide bonds. The maximum absolute atomic E-state index is 13.1. The van der Waals surface area contributed by atoms with Gasteiger partial charge in [-0.05, 0) is 68.8 Å². The molecular formula is C24H33N3O6. The Kier molecular flexibility index (Phi) is 7.69. The number of hydrogen-bond acceptors (Lipinski definition) is 6. The fraction of sp³-hybridized carbons (Fsp3) is 0.625. The van der Waals surface area contributed by atoms with E-state index < -0.39 is 12.0 Å². The Labute approximate surface area is 193 Å². The Morgan fingerprint density at radius 1 is 1.15 bits per heavy atom. The highest BCUT2D eigenvalue weighted by Gasteiger charge is 2.31. The first-order chi connectivity index (χ1) is 16.0. The van der Waals surface area contributed by atoms with Crippen LogP contribution in [0.1, 0.15) is 56.6 Å². The molecule has 3 N–H and O–H groups in total. The molecule has 0 aliphatic carbocycles. The van der Waals surface area contributed by atoms with Gasteiger partial charge in [0.15, 0.2) is 11.5 Å². The van der Waals surface area contributed by atoms with E-state index in [4.69, 9.17) is 9.47 Å². The molecule has 0 aromatic heterocycles. The lowest BCUT2D eigenvalue weighted by Crippen LogP contribution is -2.46. The van der Waals surface area contributed by atoms with Gasteiger partial charge in [-0.2, -0.15) is 0 Å². The number of carbonyl (C=O) groups excluding carboxylic acids is 2. The van der Waals surface area contributed by atoms with Gasteiger partial charge in [-0.15, -0.1) is 0 Å². The molecule has 9 heteroatoms. The zero-order valence-corrected chi connectivity index (χ0v) is 18.9. The first-order valence-electron chi connectivity index (χ1n) is 11.9. The first kappa shape index (κ1) is 23.4. The van der Waals surface area contributed by atoms with Crippen molar-refractivity contribution in [1.82, 2.24) is 15.5 Å². The molecule has 2 fully saturated rings. The molecule has 0 spiro atoms. The molecular weight excluding hydrogens is 426 g/mol. The van der Waals surface area contributed by atoms with E-state index in [0.717, 1.165) is 38.8 Å². The fourth-order valence-electron chi connectivity index (χ4n) is 4.92. The molecule has 4 rings (SSSR count). The van der Waals surface area contributed by atoms with Crippen molar-refractivity contribution >= 4 is 17.8 Å². The van der Waals surface area contributed by atoms with Crippen LogP contribution < -0.4 is 20.1 Å². The highest BCUT2D eigenvalue weighted by molar-refractivity contribution is 5.82. The van der Waals surface area contributed by atoms with E-state index in [-0.39, 0.29) is 30.9 Å². The summed E-state index contributed by atoms with van der Waals surface area (Å²) < 4.78 is 10.7. The van der Waals surface area contributed by atoms with Gasteiger partial charge in [0.1, 0.15) is 0 Å². The highest BCUT2D eigenvalue weighted by atomic mass is 16.7. The van der Waals surface area contributed by atoms with Crippen molar-refractivity contribution in [3.8, 4) is 11.5 Å². The summed E-state index contributed by atoms with van der Waals surface area (Å²) in [6.07, 6.45) is 4.87. The van der Waals surface area contributed by atoms with Gasteiger partial charge in [0, 0.05) is 19.5 Å². The van der Waals surface area contributed by atoms with Crippen molar-refractivity contribution < 1.29 is 29.0 Å². The van der Waals surface area contributed by atoms with Crippen molar-refractivity contribution in [1.29, 1.82) is 0 Å². The monoisotopic (exact) mass is 459 g/mol. The molecule has 3 aliphatic rings. The normalized spacial score (nSPS) is 21.5. The van der Waals surface area contributed by atoms with Gasteiger partial charge in [0.2, 0.25) is 18.6 Å². The number of fused-ring (bicyclic) bond motifs is 1. The molecule has 33 heavy (non-hydrogen) atoms. The van der Waals surface area contributed by atoms with E-state index in [9.17, 15) is 19.5 Å². The third kappa shape index (κ3) is 6.16. The summed E-state index contributed by atoms with van der Waals surface area (Å²) in [4.78, 5) is 39.1. The summed E-state index contributed by atoms with van der Waals surface area (Å²) in [5, 5.41) is 15.6. The molecule has 2 atom stereocenters. The van der Waals surface area contributed by atoms with E-state index in [1.165, 1.54) is 0 Å². The number of rotatable bonds is 8. The van der Waals surface area contributed by atoms with Gasteiger partial charge in [-0.1, -0.05) is 6.07 Å². The summed E-state index contributed by atoms with van der Waals surface area (Å²) in [7, 11) is 0. The van der Waals surface area contributed by atoms with Gasteiger partial charge in [-0.3, -0.25) is 14.4 Å². The highest BCUT2D eigenvalue weighted by Crippen LogP contribution is 2.35. The number of nitrogens with one attached hydrogen (secondary N) is 2. The van der Waals surface area contributed by atoms with Crippen molar-refractivity contribution in [2.24, 2.45) is 11.8 Å². The first-order valence-corrected chi connectivity index (χ1v) is 11.9. The minimum atomic E-state index is -1.00. The molecule has 2 saturated heterocycles. The molecule has 0 unspecified atom stereocenters. The lowest BCUT2D eigenvalue weighted by molar-refractivity contribution is -0.138. The molecule has 3 aliphatic heterocycles. The molecule has 3 heterocycles. The Balaban J connectivity index is 1.34. The van der Waals surface area contributed by atoms with Crippen molar-refractivity contribution in [2.75, 3.05) is 33.0 Å². The van der Waals surface area contributed by atoms with Crippen LogP contribution in [0.25, 0.3) is 0 Å². The van der Waals surface area contributed by atoms with E-state index in [0.29, 0.717) is 48.9 Å². The molecule has 180 valence electrons. The van der Waals surface area contributed by atoms with Gasteiger partial charge >= 0.3 is 5.97 Å². The van der Waals surface area contributed by atoms with E-state index in [1.54, 1.807) is 18.2 Å². The summed E-state index contributed by atoms with van der Waals surface area (Å²) >= 11 is 0. The van der Waals surface area contributed by atoms with E-state index in [2.05, 4.69) is 10.6 Å². The maximum atomic E-state index is 13.1. The zero-order chi connectivity index (χ0) is 23.2. The van der Waals surface area contributed by atoms with Crippen LogP contribution in [0.5, 0.6) is 11.5 Å². The lowest BCUT2D eigenvalue weighted by Gasteiger charge is -2.33. The van der Waals surface area contributed by atoms with Crippen LogP contribution >= 0.6 is 0 Å². The van der Waals surface area contributed by atoms with Crippen LogP contribution in [0.15, 0.2) is 18.2 Å². The van der Waals surface area contributed by atoms with Crippen LogP contribution in [0.2, 0.25) is 0 Å². The molecule has 9 nitrogen and oxygen atoms in total. The number of piperidine rings is 2. The number of carboxylic acid groups (broad SMARTS) is 1. The SMILES string of the molecule is O=C(O)C[C@@H](NC(=O)[C@@H]1CCCN(C(=O)CCC2CCNCC2)C1)c1ccc2c(c1)OCO2. The van der Waals surface area contributed by atoms with Gasteiger partial charge < -0.3 is 30.1 Å². The van der Waals surface area contributed by atoms with Crippen LogP contribution in [0.3, 0.4) is 0 Å². The summed E-state index contributed by atoms with van der Waals surface area (Å²) in [5.41, 5.74) is 0.653. The Morgan fingerprint density at radius 2 is 1.94 bits per heavy atom. The second-order valence-corrected chi connectivity index (χ2v) is 9.18. The standard InChI is InChI=1S/C24H33N3O6/c28-22(6-3-16-7-9-25-10-8-16)27-11-1-2-18(14-27)24(31)26-19(13-23(29)30)17-4-5-20-21(12-17)33-15-32-20/h4-5,12,16,18-19,25H,1-3,6-11,13-15H2,(H,26,31)(H,29,30)/t18-,19-/m1/s1. The number of carboxylic acids is 1. The molecule has 0 bridgehead atoms. The Bertz CT molecular complexity index is 870. The summed E-state index contributed by atoms with van der Waals surface area (Å²) in [6.45, 7) is 3.23. The van der Waals surface area contributed by atoms with Crippen molar-refractivity contribution in [3.05, 3.63) is 23.8 Å². The predicted molar refractivity (Wildman–Crippen MR) is 120 cm³/mol. The molecule has 0 saturated carbocycles. The van der Waals surface area contributed by atoms with Crippen LogP contribution in [-0.4, -0.2) is 60.8 Å². The minimum absolute atomic E-state index is 0.115. The van der Waals surface area contributed by atoms with Crippen LogP contribution in [-0.2, 0) is 14.4 Å². The third-order valence-corrected chi connectivity index (χ3v) is 6.86. The number of amides is 2. The van der Waals surface area contributed by atoms with Crippen LogP contribution in [0.4, 0.5) is 0 Å². The number of aliphatic carboxylic acids is 1. The topological polar surface area (TPSA) is 117 Å². The van der Waals surface area contributed by atoms with Gasteiger partial charge in [-0.25, -0.2) is 0 Å². The minimum Gasteiger partial charge on any atom is -0.481 e. The maximum Gasteiger partial charge on any atom is 0.305 e. The van der Waals surface area contributed by atoms with Crippen molar-refractivity contribution in [3.63, 3.8) is 0 Å². The molecule has 1 aromatic carbocycles. The third-order valence-electron chi connectivity index (χ3n) is 6.86. The summed E-state index contributed by atoms with van der Waals surface area (Å²) in [5.74, 6) is 0.296.